The summed E-state index contributed by atoms with van der Waals surface area (Å²) in [6.45, 7) is 3.23. The maximum Gasteiger partial charge on any atom is 0.361 e. The quantitative estimate of drug-likeness (QED) is 0.829. The largest absolute Gasteiger partial charge is 0.451 e. The van der Waals surface area contributed by atoms with Crippen LogP contribution in [-0.2, 0) is 9.53 Å². The first-order chi connectivity index (χ1) is 10.9. The predicted octanol–water partition coefficient (Wildman–Crippen LogP) is 2.12. The van der Waals surface area contributed by atoms with Gasteiger partial charge in [0.05, 0.1) is 10.7 Å². The van der Waals surface area contributed by atoms with Gasteiger partial charge in [-0.05, 0) is 31.0 Å². The zero-order valence-corrected chi connectivity index (χ0v) is 13.3. The summed E-state index contributed by atoms with van der Waals surface area (Å²) in [6, 6.07) is 3.62. The second-order valence-corrected chi connectivity index (χ2v) is 5.26. The van der Waals surface area contributed by atoms with E-state index in [2.05, 4.69) is 15.3 Å². The molecule has 0 unspecified atom stereocenters. The lowest BCUT2D eigenvalue weighted by Gasteiger charge is -2.11. The summed E-state index contributed by atoms with van der Waals surface area (Å²) >= 11 is 6.10. The number of esters is 1. The van der Waals surface area contributed by atoms with E-state index in [1.807, 2.05) is 19.9 Å². The molecule has 23 heavy (non-hydrogen) atoms. The third kappa shape index (κ3) is 4.17. The number of aromatic nitrogens is 2. The number of rotatable bonds is 4. The van der Waals surface area contributed by atoms with Gasteiger partial charge in [0.25, 0.3) is 5.91 Å². The first-order valence-corrected chi connectivity index (χ1v) is 7.06. The van der Waals surface area contributed by atoms with Crippen LogP contribution in [0.4, 0.5) is 11.5 Å². The van der Waals surface area contributed by atoms with Crippen molar-refractivity contribution in [3.05, 3.63) is 46.4 Å². The van der Waals surface area contributed by atoms with Crippen molar-refractivity contribution >= 4 is 35.0 Å². The Hall–Kier alpha value is -2.67. The molecule has 3 N–H and O–H groups in total. The highest BCUT2D eigenvalue weighted by molar-refractivity contribution is 6.34. The lowest BCUT2D eigenvalue weighted by Crippen LogP contribution is -2.22. The number of amides is 1. The van der Waals surface area contributed by atoms with Crippen LogP contribution in [0.3, 0.4) is 0 Å². The normalized spacial score (nSPS) is 10.2. The molecule has 2 aromatic rings. The number of nitrogens with zero attached hydrogens (tertiary/aromatic N) is 2. The summed E-state index contributed by atoms with van der Waals surface area (Å²) < 4.78 is 4.87. The number of carbonyl (C=O) groups excluding carboxylic acids is 2. The Kier molecular flexibility index (Phi) is 5.13. The average Bonchev–Trinajstić information content (AvgIpc) is 2.49. The predicted molar refractivity (Wildman–Crippen MR) is 86.3 cm³/mol. The minimum atomic E-state index is -0.822. The average molecular weight is 335 g/mol. The third-order valence-corrected chi connectivity index (χ3v) is 3.25. The van der Waals surface area contributed by atoms with E-state index in [0.717, 1.165) is 11.1 Å². The number of carbonyl (C=O) groups is 2. The van der Waals surface area contributed by atoms with Crippen molar-refractivity contribution < 1.29 is 14.3 Å². The number of anilines is 2. The Bertz CT molecular complexity index is 741. The van der Waals surface area contributed by atoms with Gasteiger partial charge in [-0.3, -0.25) is 4.79 Å². The Morgan fingerprint density at radius 2 is 1.96 bits per heavy atom. The lowest BCUT2D eigenvalue weighted by molar-refractivity contribution is -0.119. The van der Waals surface area contributed by atoms with Gasteiger partial charge in [-0.2, -0.15) is 0 Å². The summed E-state index contributed by atoms with van der Waals surface area (Å²) in [4.78, 5) is 31.2. The second kappa shape index (κ2) is 7.06. The highest BCUT2D eigenvalue weighted by Crippen LogP contribution is 2.27. The van der Waals surface area contributed by atoms with Crippen LogP contribution in [0.2, 0.25) is 5.02 Å². The molecule has 1 heterocycles. The van der Waals surface area contributed by atoms with E-state index in [9.17, 15) is 9.59 Å². The van der Waals surface area contributed by atoms with Gasteiger partial charge in [0.1, 0.15) is 0 Å². The first-order valence-electron chi connectivity index (χ1n) is 6.68. The van der Waals surface area contributed by atoms with Crippen LogP contribution in [0.1, 0.15) is 21.6 Å². The van der Waals surface area contributed by atoms with Gasteiger partial charge in [-0.15, -0.1) is 0 Å². The molecule has 0 bridgehead atoms. The van der Waals surface area contributed by atoms with Crippen molar-refractivity contribution in [2.24, 2.45) is 0 Å². The van der Waals surface area contributed by atoms with Crippen LogP contribution < -0.4 is 11.1 Å². The smallest absolute Gasteiger partial charge is 0.361 e. The molecular weight excluding hydrogens is 320 g/mol. The lowest BCUT2D eigenvalue weighted by atomic mass is 10.1. The van der Waals surface area contributed by atoms with Gasteiger partial charge in [-0.1, -0.05) is 17.7 Å². The number of aryl methyl sites for hydroxylation is 2. The fraction of sp³-hybridized carbons (Fsp3) is 0.200. The van der Waals surface area contributed by atoms with E-state index < -0.39 is 18.5 Å². The zero-order chi connectivity index (χ0) is 17.0. The number of nitrogen functional groups attached to an aromatic ring is 1. The van der Waals surface area contributed by atoms with Gasteiger partial charge in [0.15, 0.2) is 18.1 Å². The standard InChI is InChI=1S/C15H15ClN4O3/c1-8-5-9(2)12(10(16)6-8)20-11(21)7-23-15(22)13-14(17)19-4-3-18-13/h3-6H,7H2,1-2H3,(H2,17,19)(H,20,21). The van der Waals surface area contributed by atoms with Crippen molar-refractivity contribution in [1.82, 2.24) is 9.97 Å². The maximum absolute atomic E-state index is 11.9. The molecule has 0 aliphatic rings. The van der Waals surface area contributed by atoms with Crippen molar-refractivity contribution in [1.29, 1.82) is 0 Å². The summed E-state index contributed by atoms with van der Waals surface area (Å²) in [5.74, 6) is -1.40. The molecule has 0 fully saturated rings. The number of hydrogen-bond donors (Lipinski definition) is 2. The molecule has 0 saturated carbocycles. The first kappa shape index (κ1) is 16.7. The van der Waals surface area contributed by atoms with Gasteiger partial charge < -0.3 is 15.8 Å². The summed E-state index contributed by atoms with van der Waals surface area (Å²) in [5, 5.41) is 3.03. The van der Waals surface area contributed by atoms with E-state index >= 15 is 0 Å². The number of nitrogens with one attached hydrogen (secondary N) is 1. The van der Waals surface area contributed by atoms with Crippen molar-refractivity contribution in [3.63, 3.8) is 0 Å². The minimum absolute atomic E-state index is 0.0599. The fourth-order valence-electron chi connectivity index (χ4n) is 1.96. The molecule has 1 aromatic carbocycles. The monoisotopic (exact) mass is 334 g/mol. The van der Waals surface area contributed by atoms with Gasteiger partial charge >= 0.3 is 5.97 Å². The molecule has 0 aliphatic carbocycles. The van der Waals surface area contributed by atoms with Crippen LogP contribution in [0.15, 0.2) is 24.5 Å². The van der Waals surface area contributed by atoms with E-state index in [1.165, 1.54) is 12.4 Å². The minimum Gasteiger partial charge on any atom is -0.451 e. The van der Waals surface area contributed by atoms with Crippen LogP contribution >= 0.6 is 11.6 Å². The Morgan fingerprint density at radius 3 is 2.61 bits per heavy atom. The fourth-order valence-corrected chi connectivity index (χ4v) is 2.32. The Labute approximate surface area is 137 Å². The molecule has 1 aromatic heterocycles. The van der Waals surface area contributed by atoms with E-state index in [0.29, 0.717) is 10.7 Å². The summed E-state index contributed by atoms with van der Waals surface area (Å²) in [5.41, 5.74) is 7.66. The Morgan fingerprint density at radius 1 is 1.26 bits per heavy atom. The molecule has 120 valence electrons. The van der Waals surface area contributed by atoms with Crippen molar-refractivity contribution in [2.75, 3.05) is 17.7 Å². The molecule has 0 aliphatic heterocycles. The molecule has 7 nitrogen and oxygen atoms in total. The van der Waals surface area contributed by atoms with E-state index in [1.54, 1.807) is 6.07 Å². The second-order valence-electron chi connectivity index (χ2n) is 4.85. The summed E-state index contributed by atoms with van der Waals surface area (Å²) in [7, 11) is 0. The highest BCUT2D eigenvalue weighted by atomic mass is 35.5. The van der Waals surface area contributed by atoms with Crippen LogP contribution in [0.25, 0.3) is 0 Å². The molecule has 0 atom stereocenters. The molecular formula is C15H15ClN4O3. The summed E-state index contributed by atoms with van der Waals surface area (Å²) in [6.07, 6.45) is 2.66. The van der Waals surface area contributed by atoms with E-state index in [-0.39, 0.29) is 11.5 Å². The molecule has 0 spiro atoms. The highest BCUT2D eigenvalue weighted by Gasteiger charge is 2.16. The van der Waals surface area contributed by atoms with Gasteiger partial charge in [0.2, 0.25) is 0 Å². The topological polar surface area (TPSA) is 107 Å². The van der Waals surface area contributed by atoms with Crippen LogP contribution in [0.5, 0.6) is 0 Å². The zero-order valence-electron chi connectivity index (χ0n) is 12.6. The number of hydrogen-bond acceptors (Lipinski definition) is 6. The van der Waals surface area contributed by atoms with Gasteiger partial charge in [0, 0.05) is 12.4 Å². The number of benzene rings is 1. The SMILES string of the molecule is Cc1cc(C)c(NC(=O)COC(=O)c2nccnc2N)c(Cl)c1. The van der Waals surface area contributed by atoms with Crippen molar-refractivity contribution in [2.45, 2.75) is 13.8 Å². The van der Waals surface area contributed by atoms with Crippen LogP contribution in [0, 0.1) is 13.8 Å². The molecule has 2 rings (SSSR count). The molecule has 8 heteroatoms. The molecule has 1 amide bonds. The number of halogens is 1. The van der Waals surface area contributed by atoms with Crippen molar-refractivity contribution in [3.8, 4) is 0 Å². The van der Waals surface area contributed by atoms with Crippen LogP contribution in [-0.4, -0.2) is 28.5 Å². The Balaban J connectivity index is 1.99. The van der Waals surface area contributed by atoms with E-state index in [4.69, 9.17) is 22.1 Å². The molecule has 0 radical (unpaired) electrons. The number of nitrogens with two attached hydrogens (primary N) is 1. The van der Waals surface area contributed by atoms with Gasteiger partial charge in [-0.25, -0.2) is 14.8 Å². The maximum atomic E-state index is 11.9. The number of ether oxygens (including phenoxy) is 1. The molecule has 0 saturated heterocycles. The third-order valence-electron chi connectivity index (χ3n) is 2.95.